The molecule has 0 radical (unpaired) electrons. The van der Waals surface area contributed by atoms with Crippen LogP contribution in [-0.4, -0.2) is 40.6 Å². The summed E-state index contributed by atoms with van der Waals surface area (Å²) in [5.41, 5.74) is 0. The van der Waals surface area contributed by atoms with Crippen molar-refractivity contribution in [2.24, 2.45) is 0 Å². The van der Waals surface area contributed by atoms with E-state index in [2.05, 4.69) is 15.5 Å². The summed E-state index contributed by atoms with van der Waals surface area (Å²) in [6.45, 7) is 1.08. The van der Waals surface area contributed by atoms with Gasteiger partial charge in [-0.2, -0.15) is 4.98 Å². The van der Waals surface area contributed by atoms with E-state index < -0.39 is 6.10 Å². The Hall–Kier alpha value is -1.14. The number of rotatable bonds is 3. The second-order valence-electron chi connectivity index (χ2n) is 4.77. The SMILES string of the molecule is O[C@@H]1CCOC[C@H]1Nc1nc(C2CCC2)no1. The molecule has 0 spiro atoms. The average molecular weight is 239 g/mol. The molecule has 6 heteroatoms. The van der Waals surface area contributed by atoms with E-state index in [0.717, 1.165) is 18.7 Å². The summed E-state index contributed by atoms with van der Waals surface area (Å²) >= 11 is 0. The zero-order valence-corrected chi connectivity index (χ0v) is 9.63. The first-order valence-corrected chi connectivity index (χ1v) is 6.19. The fourth-order valence-electron chi connectivity index (χ4n) is 2.15. The molecule has 2 heterocycles. The van der Waals surface area contributed by atoms with Gasteiger partial charge in [-0.1, -0.05) is 11.6 Å². The van der Waals surface area contributed by atoms with Crippen LogP contribution < -0.4 is 5.32 Å². The van der Waals surface area contributed by atoms with Crippen LogP contribution in [0, 0.1) is 0 Å². The zero-order valence-electron chi connectivity index (χ0n) is 9.63. The second kappa shape index (κ2) is 4.62. The van der Waals surface area contributed by atoms with Crippen LogP contribution in [-0.2, 0) is 4.74 Å². The topological polar surface area (TPSA) is 80.4 Å². The van der Waals surface area contributed by atoms with Gasteiger partial charge >= 0.3 is 6.01 Å². The van der Waals surface area contributed by atoms with E-state index in [0.29, 0.717) is 31.6 Å². The maximum atomic E-state index is 9.77. The molecule has 1 aromatic rings. The van der Waals surface area contributed by atoms with Crippen LogP contribution in [0.4, 0.5) is 6.01 Å². The third kappa shape index (κ3) is 2.28. The largest absolute Gasteiger partial charge is 0.391 e. The van der Waals surface area contributed by atoms with Crippen LogP contribution in [0.2, 0.25) is 0 Å². The summed E-state index contributed by atoms with van der Waals surface area (Å²) in [4.78, 5) is 4.31. The molecule has 94 valence electrons. The Morgan fingerprint density at radius 1 is 1.29 bits per heavy atom. The minimum absolute atomic E-state index is 0.154. The number of ether oxygens (including phenoxy) is 1. The summed E-state index contributed by atoms with van der Waals surface area (Å²) in [6.07, 6.45) is 3.77. The highest BCUT2D eigenvalue weighted by atomic mass is 16.5. The van der Waals surface area contributed by atoms with Gasteiger partial charge in [0, 0.05) is 12.5 Å². The maximum absolute atomic E-state index is 9.77. The number of nitrogens with zero attached hydrogens (tertiary/aromatic N) is 2. The Morgan fingerprint density at radius 3 is 2.88 bits per heavy atom. The van der Waals surface area contributed by atoms with Crippen molar-refractivity contribution in [3.05, 3.63) is 5.82 Å². The van der Waals surface area contributed by atoms with Crippen LogP contribution in [0.15, 0.2) is 4.52 Å². The fourth-order valence-corrected chi connectivity index (χ4v) is 2.15. The molecule has 1 aliphatic heterocycles. The first-order chi connectivity index (χ1) is 8.33. The lowest BCUT2D eigenvalue weighted by Crippen LogP contribution is -2.42. The summed E-state index contributed by atoms with van der Waals surface area (Å²) in [7, 11) is 0. The van der Waals surface area contributed by atoms with Crippen molar-refractivity contribution in [2.45, 2.75) is 43.7 Å². The molecule has 3 rings (SSSR count). The summed E-state index contributed by atoms with van der Waals surface area (Å²) in [5.74, 6) is 1.24. The molecule has 0 aromatic carbocycles. The van der Waals surface area contributed by atoms with Gasteiger partial charge in [-0.05, 0) is 19.3 Å². The predicted octanol–water partition coefficient (Wildman–Crippen LogP) is 0.899. The smallest absolute Gasteiger partial charge is 0.321 e. The van der Waals surface area contributed by atoms with Crippen molar-refractivity contribution in [2.75, 3.05) is 18.5 Å². The summed E-state index contributed by atoms with van der Waals surface area (Å²) < 4.78 is 10.4. The molecule has 1 aromatic heterocycles. The fraction of sp³-hybridized carbons (Fsp3) is 0.818. The molecular formula is C11H17N3O3. The molecule has 0 unspecified atom stereocenters. The number of nitrogens with one attached hydrogen (secondary N) is 1. The van der Waals surface area contributed by atoms with E-state index >= 15 is 0 Å². The van der Waals surface area contributed by atoms with Crippen LogP contribution >= 0.6 is 0 Å². The standard InChI is InChI=1S/C11H17N3O3/c15-9-4-5-16-6-8(9)12-11-13-10(14-17-11)7-2-1-3-7/h7-9,15H,1-6H2,(H,12,13,14)/t8-,9-/m1/s1. The van der Waals surface area contributed by atoms with Gasteiger partial charge in [-0.25, -0.2) is 0 Å². The highest BCUT2D eigenvalue weighted by Crippen LogP contribution is 2.34. The van der Waals surface area contributed by atoms with Crippen molar-refractivity contribution >= 4 is 6.01 Å². The van der Waals surface area contributed by atoms with Crippen LogP contribution in [0.5, 0.6) is 0 Å². The van der Waals surface area contributed by atoms with Gasteiger partial charge < -0.3 is 19.7 Å². The van der Waals surface area contributed by atoms with E-state index in [1.165, 1.54) is 6.42 Å². The molecular weight excluding hydrogens is 222 g/mol. The van der Waals surface area contributed by atoms with Gasteiger partial charge in [0.05, 0.1) is 18.8 Å². The third-order valence-corrected chi connectivity index (χ3v) is 3.54. The van der Waals surface area contributed by atoms with E-state index in [1.54, 1.807) is 0 Å². The predicted molar refractivity (Wildman–Crippen MR) is 59.7 cm³/mol. The lowest BCUT2D eigenvalue weighted by atomic mass is 9.85. The van der Waals surface area contributed by atoms with E-state index in [1.807, 2.05) is 0 Å². The number of hydrogen-bond acceptors (Lipinski definition) is 6. The molecule has 2 aliphatic rings. The highest BCUT2D eigenvalue weighted by Gasteiger charge is 2.27. The van der Waals surface area contributed by atoms with Crippen LogP contribution in [0.3, 0.4) is 0 Å². The van der Waals surface area contributed by atoms with Crippen molar-refractivity contribution < 1.29 is 14.4 Å². The van der Waals surface area contributed by atoms with Gasteiger partial charge in [0.1, 0.15) is 0 Å². The zero-order chi connectivity index (χ0) is 11.7. The normalized spacial score (nSPS) is 29.9. The summed E-state index contributed by atoms with van der Waals surface area (Å²) in [6, 6.07) is 0.236. The average Bonchev–Trinajstić information content (AvgIpc) is 2.67. The molecule has 1 saturated carbocycles. The molecule has 17 heavy (non-hydrogen) atoms. The highest BCUT2D eigenvalue weighted by molar-refractivity contribution is 5.23. The van der Waals surface area contributed by atoms with Gasteiger partial charge in [0.2, 0.25) is 0 Å². The Balaban J connectivity index is 1.61. The first kappa shape index (κ1) is 11.0. The number of hydrogen-bond donors (Lipinski definition) is 2. The van der Waals surface area contributed by atoms with Crippen molar-refractivity contribution in [1.29, 1.82) is 0 Å². The Morgan fingerprint density at radius 2 is 2.18 bits per heavy atom. The van der Waals surface area contributed by atoms with Crippen molar-refractivity contribution in [1.82, 2.24) is 10.1 Å². The van der Waals surface area contributed by atoms with E-state index in [4.69, 9.17) is 9.26 Å². The Bertz CT molecular complexity index is 378. The molecule has 6 nitrogen and oxygen atoms in total. The van der Waals surface area contributed by atoms with Crippen LogP contribution in [0.25, 0.3) is 0 Å². The van der Waals surface area contributed by atoms with E-state index in [-0.39, 0.29) is 6.04 Å². The number of aliphatic hydroxyl groups is 1. The Labute approximate surface area is 99.3 Å². The van der Waals surface area contributed by atoms with E-state index in [9.17, 15) is 5.11 Å². The number of anilines is 1. The summed E-state index contributed by atoms with van der Waals surface area (Å²) in [5, 5.41) is 16.8. The van der Waals surface area contributed by atoms with Crippen LogP contribution in [0.1, 0.15) is 37.4 Å². The van der Waals surface area contributed by atoms with Gasteiger partial charge in [0.15, 0.2) is 5.82 Å². The molecule has 2 atom stereocenters. The first-order valence-electron chi connectivity index (χ1n) is 6.19. The molecule has 1 saturated heterocycles. The van der Waals surface area contributed by atoms with Gasteiger partial charge in [-0.15, -0.1) is 0 Å². The Kier molecular flexibility index (Phi) is 2.98. The molecule has 2 fully saturated rings. The van der Waals surface area contributed by atoms with Crippen molar-refractivity contribution in [3.63, 3.8) is 0 Å². The monoisotopic (exact) mass is 239 g/mol. The second-order valence-corrected chi connectivity index (χ2v) is 4.77. The quantitative estimate of drug-likeness (QED) is 0.815. The lowest BCUT2D eigenvalue weighted by molar-refractivity contribution is 0.00235. The number of aromatic nitrogens is 2. The third-order valence-electron chi connectivity index (χ3n) is 3.54. The minimum atomic E-state index is -0.414. The maximum Gasteiger partial charge on any atom is 0.321 e. The molecule has 0 amide bonds. The van der Waals surface area contributed by atoms with Gasteiger partial charge in [0.25, 0.3) is 0 Å². The molecule has 1 aliphatic carbocycles. The van der Waals surface area contributed by atoms with Crippen molar-refractivity contribution in [3.8, 4) is 0 Å². The minimum Gasteiger partial charge on any atom is -0.391 e. The molecule has 2 N–H and O–H groups in total. The lowest BCUT2D eigenvalue weighted by Gasteiger charge is -2.27. The molecule has 0 bridgehead atoms. The number of aliphatic hydroxyl groups excluding tert-OH is 1. The van der Waals surface area contributed by atoms with Gasteiger partial charge in [-0.3, -0.25) is 0 Å².